The fourth-order valence-electron chi connectivity index (χ4n) is 2.74. The van der Waals surface area contributed by atoms with Crippen molar-refractivity contribution in [2.75, 3.05) is 14.2 Å². The standard InChI is InChI=1S/C19H14ClN3O7S/c1-29-16(24)9-22-14-5-3-10(18(26)30-2)7-15(14)31-19(22)21-17(25)12-8-11(20)4-6-13(12)23(27)28/h3-8H,9H2,1-2H3. The summed E-state index contributed by atoms with van der Waals surface area (Å²) in [6, 6.07) is 8.17. The molecule has 1 heterocycles. The van der Waals surface area contributed by atoms with Crippen LogP contribution in [0, 0.1) is 10.1 Å². The van der Waals surface area contributed by atoms with Crippen LogP contribution in [0.15, 0.2) is 41.4 Å². The van der Waals surface area contributed by atoms with Crippen LogP contribution in [0.2, 0.25) is 5.02 Å². The molecule has 2 aromatic carbocycles. The highest BCUT2D eigenvalue weighted by Gasteiger charge is 2.21. The van der Waals surface area contributed by atoms with Crippen molar-refractivity contribution in [3.8, 4) is 0 Å². The normalized spacial score (nSPS) is 11.4. The first-order chi connectivity index (χ1) is 14.7. The number of halogens is 1. The summed E-state index contributed by atoms with van der Waals surface area (Å²) in [5.41, 5.74) is 0.0293. The molecule has 0 atom stereocenters. The molecule has 0 aliphatic heterocycles. The molecule has 31 heavy (non-hydrogen) atoms. The van der Waals surface area contributed by atoms with Gasteiger partial charge in [0.05, 0.1) is 34.9 Å². The minimum Gasteiger partial charge on any atom is -0.468 e. The number of esters is 2. The van der Waals surface area contributed by atoms with E-state index in [2.05, 4.69) is 4.99 Å². The molecule has 0 saturated heterocycles. The second-order valence-corrected chi connectivity index (χ2v) is 7.50. The van der Waals surface area contributed by atoms with Gasteiger partial charge >= 0.3 is 11.9 Å². The number of amides is 1. The van der Waals surface area contributed by atoms with Gasteiger partial charge in [-0.25, -0.2) is 4.79 Å². The Morgan fingerprint density at radius 1 is 1.16 bits per heavy atom. The molecule has 160 valence electrons. The number of benzene rings is 2. The molecular formula is C19H14ClN3O7S. The first kappa shape index (κ1) is 22.1. The van der Waals surface area contributed by atoms with Gasteiger partial charge in [0.1, 0.15) is 12.1 Å². The molecule has 0 saturated carbocycles. The van der Waals surface area contributed by atoms with Crippen LogP contribution in [0.25, 0.3) is 10.2 Å². The van der Waals surface area contributed by atoms with Gasteiger partial charge in [-0.1, -0.05) is 22.9 Å². The maximum Gasteiger partial charge on any atom is 0.337 e. The van der Waals surface area contributed by atoms with Gasteiger partial charge in [-0.2, -0.15) is 4.99 Å². The van der Waals surface area contributed by atoms with E-state index in [0.717, 1.165) is 23.5 Å². The molecule has 3 aromatic rings. The van der Waals surface area contributed by atoms with Gasteiger partial charge in [-0.3, -0.25) is 19.7 Å². The van der Waals surface area contributed by atoms with Crippen molar-refractivity contribution in [3.05, 3.63) is 67.5 Å². The van der Waals surface area contributed by atoms with Gasteiger partial charge < -0.3 is 14.0 Å². The summed E-state index contributed by atoms with van der Waals surface area (Å²) >= 11 is 6.91. The average molecular weight is 464 g/mol. The molecule has 0 fully saturated rings. The Labute approximate surface area is 183 Å². The molecule has 0 N–H and O–H groups in total. The van der Waals surface area contributed by atoms with E-state index in [-0.39, 0.29) is 27.5 Å². The molecule has 0 aliphatic rings. The number of nitro benzene ring substituents is 1. The fraction of sp³-hybridized carbons (Fsp3) is 0.158. The topological polar surface area (TPSA) is 130 Å². The number of hydrogen-bond acceptors (Lipinski definition) is 8. The number of nitro groups is 1. The number of nitrogens with zero attached hydrogens (tertiary/aromatic N) is 3. The van der Waals surface area contributed by atoms with Crippen molar-refractivity contribution in [1.29, 1.82) is 0 Å². The summed E-state index contributed by atoms with van der Waals surface area (Å²) in [6.07, 6.45) is 0. The summed E-state index contributed by atoms with van der Waals surface area (Å²) in [5.74, 6) is -2.06. The summed E-state index contributed by atoms with van der Waals surface area (Å²) < 4.78 is 11.4. The van der Waals surface area contributed by atoms with Crippen LogP contribution >= 0.6 is 22.9 Å². The van der Waals surface area contributed by atoms with Gasteiger partial charge in [0.2, 0.25) is 0 Å². The lowest BCUT2D eigenvalue weighted by atomic mass is 10.2. The van der Waals surface area contributed by atoms with Crippen molar-refractivity contribution < 1.29 is 28.8 Å². The number of carbonyl (C=O) groups is 3. The van der Waals surface area contributed by atoms with Gasteiger partial charge in [-0.15, -0.1) is 0 Å². The van der Waals surface area contributed by atoms with Crippen LogP contribution < -0.4 is 4.80 Å². The smallest absolute Gasteiger partial charge is 0.337 e. The maximum absolute atomic E-state index is 12.8. The highest BCUT2D eigenvalue weighted by atomic mass is 35.5. The number of thiazole rings is 1. The molecular weight excluding hydrogens is 450 g/mol. The van der Waals surface area contributed by atoms with E-state index in [1.54, 1.807) is 6.07 Å². The Bertz CT molecular complexity index is 1300. The van der Waals surface area contributed by atoms with Gasteiger partial charge in [0, 0.05) is 11.1 Å². The van der Waals surface area contributed by atoms with Crippen LogP contribution in [0.1, 0.15) is 20.7 Å². The third-order valence-corrected chi connectivity index (χ3v) is 5.48. The molecule has 3 rings (SSSR count). The highest BCUT2D eigenvalue weighted by molar-refractivity contribution is 7.16. The molecule has 1 amide bonds. The van der Waals surface area contributed by atoms with E-state index in [1.807, 2.05) is 0 Å². The van der Waals surface area contributed by atoms with Crippen LogP contribution in [0.3, 0.4) is 0 Å². The zero-order chi connectivity index (χ0) is 22.7. The van der Waals surface area contributed by atoms with Gasteiger partial charge in [0.15, 0.2) is 4.80 Å². The zero-order valence-electron chi connectivity index (χ0n) is 16.2. The molecule has 0 spiro atoms. The lowest BCUT2D eigenvalue weighted by Crippen LogP contribution is -2.22. The molecule has 10 nitrogen and oxygen atoms in total. The highest BCUT2D eigenvalue weighted by Crippen LogP contribution is 2.24. The minimum atomic E-state index is -0.910. The third-order valence-electron chi connectivity index (χ3n) is 4.20. The minimum absolute atomic E-state index is 0.0849. The van der Waals surface area contributed by atoms with E-state index in [4.69, 9.17) is 21.1 Å². The molecule has 12 heteroatoms. The van der Waals surface area contributed by atoms with Crippen molar-refractivity contribution in [2.24, 2.45) is 4.99 Å². The Hall–Kier alpha value is -3.57. The van der Waals surface area contributed by atoms with Crippen LogP contribution in [-0.4, -0.2) is 41.6 Å². The first-order valence-corrected chi connectivity index (χ1v) is 9.76. The molecule has 0 unspecified atom stereocenters. The second-order valence-electron chi connectivity index (χ2n) is 6.06. The largest absolute Gasteiger partial charge is 0.468 e. The SMILES string of the molecule is COC(=O)Cn1c(=NC(=O)c2cc(Cl)ccc2[N+](=O)[O-])sc2cc(C(=O)OC)ccc21. The van der Waals surface area contributed by atoms with Crippen molar-refractivity contribution >= 4 is 56.7 Å². The predicted octanol–water partition coefficient (Wildman–Crippen LogP) is 2.97. The first-order valence-electron chi connectivity index (χ1n) is 8.56. The molecule has 1 aromatic heterocycles. The summed E-state index contributed by atoms with van der Waals surface area (Å²) in [4.78, 5) is 51.1. The Balaban J connectivity index is 2.21. The van der Waals surface area contributed by atoms with Crippen LogP contribution in [0.5, 0.6) is 0 Å². The Morgan fingerprint density at radius 3 is 2.55 bits per heavy atom. The molecule has 0 radical (unpaired) electrons. The summed E-state index contributed by atoms with van der Waals surface area (Å²) in [5, 5.41) is 11.4. The third kappa shape index (κ3) is 4.62. The van der Waals surface area contributed by atoms with E-state index in [0.29, 0.717) is 10.2 Å². The van der Waals surface area contributed by atoms with E-state index in [9.17, 15) is 24.5 Å². The van der Waals surface area contributed by atoms with E-state index < -0.39 is 28.5 Å². The quantitative estimate of drug-likeness (QED) is 0.323. The monoisotopic (exact) mass is 463 g/mol. The van der Waals surface area contributed by atoms with Crippen molar-refractivity contribution in [2.45, 2.75) is 6.54 Å². The summed E-state index contributed by atoms with van der Waals surface area (Å²) in [7, 11) is 2.46. The lowest BCUT2D eigenvalue weighted by Gasteiger charge is -2.04. The predicted molar refractivity (Wildman–Crippen MR) is 111 cm³/mol. The molecule has 0 bridgehead atoms. The average Bonchev–Trinajstić information content (AvgIpc) is 3.08. The van der Waals surface area contributed by atoms with Crippen LogP contribution in [-0.2, 0) is 20.8 Å². The Kier molecular flexibility index (Phi) is 6.47. The number of ether oxygens (including phenoxy) is 2. The Morgan fingerprint density at radius 2 is 1.90 bits per heavy atom. The summed E-state index contributed by atoms with van der Waals surface area (Å²) in [6.45, 7) is -0.266. The van der Waals surface area contributed by atoms with Crippen molar-refractivity contribution in [3.63, 3.8) is 0 Å². The lowest BCUT2D eigenvalue weighted by molar-refractivity contribution is -0.385. The maximum atomic E-state index is 12.8. The van der Waals surface area contributed by atoms with E-state index >= 15 is 0 Å². The number of methoxy groups -OCH3 is 2. The van der Waals surface area contributed by atoms with E-state index in [1.165, 1.54) is 37.0 Å². The van der Waals surface area contributed by atoms with Crippen molar-refractivity contribution in [1.82, 2.24) is 4.57 Å². The number of aromatic nitrogens is 1. The molecule has 0 aliphatic carbocycles. The fourth-order valence-corrected chi connectivity index (χ4v) is 3.97. The van der Waals surface area contributed by atoms with Gasteiger partial charge in [0.25, 0.3) is 11.6 Å². The zero-order valence-corrected chi connectivity index (χ0v) is 17.7. The van der Waals surface area contributed by atoms with Gasteiger partial charge in [-0.05, 0) is 30.3 Å². The number of carbonyl (C=O) groups excluding carboxylic acids is 3. The second kappa shape index (κ2) is 9.06. The number of rotatable bonds is 5. The number of fused-ring (bicyclic) bond motifs is 1. The number of hydrogen-bond donors (Lipinski definition) is 0. The van der Waals surface area contributed by atoms with Crippen LogP contribution in [0.4, 0.5) is 5.69 Å².